The number of allylic oxidation sites excluding steroid dienone is 1. The summed E-state index contributed by atoms with van der Waals surface area (Å²) in [5.41, 5.74) is 1.07. The van der Waals surface area contributed by atoms with E-state index in [1.54, 1.807) is 6.08 Å². The molecular weight excluding hydrogens is 234 g/mol. The Morgan fingerprint density at radius 2 is 1.26 bits per heavy atom. The zero-order valence-electron chi connectivity index (χ0n) is 12.8. The van der Waals surface area contributed by atoms with Gasteiger partial charge in [0, 0.05) is 12.1 Å². The Kier molecular flexibility index (Phi) is 8.61. The van der Waals surface area contributed by atoms with Crippen molar-refractivity contribution in [3.05, 3.63) is 11.6 Å². The number of carbonyl (C=O) groups excluding carboxylic acids is 1. The van der Waals surface area contributed by atoms with Gasteiger partial charge in [0.25, 0.3) is 0 Å². The summed E-state index contributed by atoms with van der Waals surface area (Å²) in [5.74, 6) is 0.0945. The fraction of sp³-hybridized carbons (Fsp3) is 0.824. The average Bonchev–Trinajstić information content (AvgIpc) is 2.31. The molecule has 0 aromatic rings. The van der Waals surface area contributed by atoms with Crippen LogP contribution in [-0.2, 0) is 4.79 Å². The van der Waals surface area contributed by atoms with E-state index in [1.807, 2.05) is 13.8 Å². The minimum atomic E-state index is 0.0945. The van der Waals surface area contributed by atoms with Gasteiger partial charge in [-0.25, -0.2) is 0 Å². The van der Waals surface area contributed by atoms with Crippen LogP contribution < -0.4 is 5.32 Å². The van der Waals surface area contributed by atoms with Crippen molar-refractivity contribution < 1.29 is 4.79 Å². The number of carbonyl (C=O) groups is 1. The third-order valence-corrected chi connectivity index (χ3v) is 3.87. The van der Waals surface area contributed by atoms with E-state index in [2.05, 4.69) is 5.32 Å². The fourth-order valence-electron chi connectivity index (χ4n) is 2.81. The van der Waals surface area contributed by atoms with Crippen LogP contribution in [0.4, 0.5) is 0 Å². The highest BCUT2D eigenvalue weighted by Gasteiger charge is 2.11. The van der Waals surface area contributed by atoms with Crippen LogP contribution in [0.15, 0.2) is 11.6 Å². The summed E-state index contributed by atoms with van der Waals surface area (Å²) in [5, 5.41) is 3.19. The highest BCUT2D eigenvalue weighted by Crippen LogP contribution is 2.17. The molecule has 0 saturated heterocycles. The summed E-state index contributed by atoms with van der Waals surface area (Å²) in [6.07, 6.45) is 16.2. The van der Waals surface area contributed by atoms with Crippen molar-refractivity contribution >= 4 is 5.91 Å². The molecule has 2 heteroatoms. The Balaban J connectivity index is 2.38. The first-order chi connectivity index (χ1) is 9.18. The van der Waals surface area contributed by atoms with E-state index < -0.39 is 0 Å². The zero-order valence-corrected chi connectivity index (χ0v) is 12.8. The summed E-state index contributed by atoms with van der Waals surface area (Å²) in [7, 11) is 0. The number of hydrogen-bond donors (Lipinski definition) is 1. The number of rotatable bonds is 2. The standard InChI is InChI=1S/C17H31NO/c1-15(2)14-17(19)18-16-12-10-8-6-4-3-5-7-9-11-13-16/h14,16H,3-13H2,1-2H3,(H,18,19). The maximum Gasteiger partial charge on any atom is 0.244 e. The van der Waals surface area contributed by atoms with Crippen LogP contribution in [0.1, 0.15) is 84.5 Å². The molecule has 0 spiro atoms. The van der Waals surface area contributed by atoms with Gasteiger partial charge in [-0.05, 0) is 26.7 Å². The number of hydrogen-bond acceptors (Lipinski definition) is 1. The maximum absolute atomic E-state index is 11.8. The first-order valence-electron chi connectivity index (χ1n) is 8.14. The lowest BCUT2D eigenvalue weighted by atomic mass is 9.98. The molecular formula is C17H31NO. The van der Waals surface area contributed by atoms with Gasteiger partial charge in [0.1, 0.15) is 0 Å². The summed E-state index contributed by atoms with van der Waals surface area (Å²) in [6.45, 7) is 3.95. The lowest BCUT2D eigenvalue weighted by Gasteiger charge is -2.18. The highest BCUT2D eigenvalue weighted by atomic mass is 16.1. The summed E-state index contributed by atoms with van der Waals surface area (Å²) in [4.78, 5) is 11.8. The predicted octanol–water partition coefficient (Wildman–Crippen LogP) is 4.74. The van der Waals surface area contributed by atoms with Crippen molar-refractivity contribution in [1.82, 2.24) is 5.32 Å². The van der Waals surface area contributed by atoms with Gasteiger partial charge in [-0.1, -0.05) is 63.4 Å². The minimum absolute atomic E-state index is 0.0945. The van der Waals surface area contributed by atoms with Gasteiger partial charge >= 0.3 is 0 Å². The molecule has 0 heterocycles. The fourth-order valence-corrected chi connectivity index (χ4v) is 2.81. The van der Waals surface area contributed by atoms with Gasteiger partial charge < -0.3 is 5.32 Å². The van der Waals surface area contributed by atoms with Gasteiger partial charge in [-0.15, -0.1) is 0 Å². The second-order valence-corrected chi connectivity index (χ2v) is 6.19. The maximum atomic E-state index is 11.8. The molecule has 0 aliphatic heterocycles. The van der Waals surface area contributed by atoms with Gasteiger partial charge in [-0.2, -0.15) is 0 Å². The van der Waals surface area contributed by atoms with Crippen LogP contribution in [0.2, 0.25) is 0 Å². The Labute approximate surface area is 119 Å². The largest absolute Gasteiger partial charge is 0.350 e. The molecule has 2 nitrogen and oxygen atoms in total. The van der Waals surface area contributed by atoms with Crippen LogP contribution in [0.5, 0.6) is 0 Å². The molecule has 1 aliphatic carbocycles. The van der Waals surface area contributed by atoms with Crippen LogP contribution in [0, 0.1) is 0 Å². The molecule has 1 N–H and O–H groups in total. The Hall–Kier alpha value is -0.790. The normalized spacial score (nSPS) is 19.9. The van der Waals surface area contributed by atoms with Gasteiger partial charge in [-0.3, -0.25) is 4.79 Å². The van der Waals surface area contributed by atoms with E-state index in [0.717, 1.165) is 18.4 Å². The second kappa shape index (κ2) is 10.1. The van der Waals surface area contributed by atoms with Crippen molar-refractivity contribution in [3.63, 3.8) is 0 Å². The van der Waals surface area contributed by atoms with Crippen molar-refractivity contribution in [2.45, 2.75) is 90.5 Å². The SMILES string of the molecule is CC(C)=CC(=O)NC1CCCCCCCCCCC1. The molecule has 1 saturated carbocycles. The highest BCUT2D eigenvalue weighted by molar-refractivity contribution is 5.88. The van der Waals surface area contributed by atoms with Crippen LogP contribution in [0.3, 0.4) is 0 Å². The lowest BCUT2D eigenvalue weighted by molar-refractivity contribution is -0.117. The molecule has 0 aromatic heterocycles. The molecule has 19 heavy (non-hydrogen) atoms. The van der Waals surface area contributed by atoms with E-state index >= 15 is 0 Å². The van der Waals surface area contributed by atoms with E-state index in [1.165, 1.54) is 57.8 Å². The minimum Gasteiger partial charge on any atom is -0.350 e. The molecule has 1 aliphatic rings. The molecule has 1 fully saturated rings. The first-order valence-corrected chi connectivity index (χ1v) is 8.14. The smallest absolute Gasteiger partial charge is 0.244 e. The van der Waals surface area contributed by atoms with Crippen LogP contribution in [0.25, 0.3) is 0 Å². The Morgan fingerprint density at radius 1 is 0.842 bits per heavy atom. The quantitative estimate of drug-likeness (QED) is 0.718. The lowest BCUT2D eigenvalue weighted by Crippen LogP contribution is -2.33. The third kappa shape index (κ3) is 8.85. The van der Waals surface area contributed by atoms with Crippen LogP contribution in [-0.4, -0.2) is 11.9 Å². The van der Waals surface area contributed by atoms with Crippen molar-refractivity contribution in [3.8, 4) is 0 Å². The van der Waals surface area contributed by atoms with Crippen molar-refractivity contribution in [2.75, 3.05) is 0 Å². The summed E-state index contributed by atoms with van der Waals surface area (Å²) >= 11 is 0. The Morgan fingerprint density at radius 3 is 1.68 bits per heavy atom. The molecule has 110 valence electrons. The molecule has 1 rings (SSSR count). The molecule has 0 unspecified atom stereocenters. The topological polar surface area (TPSA) is 29.1 Å². The summed E-state index contributed by atoms with van der Waals surface area (Å²) < 4.78 is 0. The van der Waals surface area contributed by atoms with Crippen molar-refractivity contribution in [1.29, 1.82) is 0 Å². The number of nitrogens with one attached hydrogen (secondary N) is 1. The molecule has 0 bridgehead atoms. The molecule has 1 amide bonds. The number of amides is 1. The van der Waals surface area contributed by atoms with Gasteiger partial charge in [0.2, 0.25) is 5.91 Å². The zero-order chi connectivity index (χ0) is 13.9. The molecule has 0 atom stereocenters. The monoisotopic (exact) mass is 265 g/mol. The van der Waals surface area contributed by atoms with Crippen LogP contribution >= 0.6 is 0 Å². The summed E-state index contributed by atoms with van der Waals surface area (Å²) in [6, 6.07) is 0.391. The second-order valence-electron chi connectivity index (χ2n) is 6.19. The first kappa shape index (κ1) is 16.3. The van der Waals surface area contributed by atoms with E-state index in [-0.39, 0.29) is 5.91 Å². The average molecular weight is 265 g/mol. The third-order valence-electron chi connectivity index (χ3n) is 3.87. The Bertz CT molecular complexity index is 267. The van der Waals surface area contributed by atoms with Gasteiger partial charge in [0.15, 0.2) is 0 Å². The van der Waals surface area contributed by atoms with E-state index in [4.69, 9.17) is 0 Å². The van der Waals surface area contributed by atoms with Crippen molar-refractivity contribution in [2.24, 2.45) is 0 Å². The molecule has 0 aromatic carbocycles. The molecule has 0 radical (unpaired) electrons. The van der Waals surface area contributed by atoms with E-state index in [9.17, 15) is 4.79 Å². The predicted molar refractivity (Wildman–Crippen MR) is 82.1 cm³/mol. The van der Waals surface area contributed by atoms with Gasteiger partial charge in [0.05, 0.1) is 0 Å². The van der Waals surface area contributed by atoms with E-state index in [0.29, 0.717) is 6.04 Å².